The van der Waals surface area contributed by atoms with Gasteiger partial charge in [0.1, 0.15) is 22.5 Å². The maximum Gasteiger partial charge on any atom is 0.433 e. The highest BCUT2D eigenvalue weighted by molar-refractivity contribution is 7.98. The number of thioether (sulfide) groups is 1. The van der Waals surface area contributed by atoms with Crippen molar-refractivity contribution in [2.45, 2.75) is 43.8 Å². The van der Waals surface area contributed by atoms with E-state index in [1.54, 1.807) is 38.1 Å². The zero-order valence-corrected chi connectivity index (χ0v) is 26.8. The van der Waals surface area contributed by atoms with Crippen LogP contribution in [0.2, 0.25) is 0 Å². The van der Waals surface area contributed by atoms with Gasteiger partial charge in [-0.25, -0.2) is 14.8 Å². The van der Waals surface area contributed by atoms with E-state index < -0.39 is 23.9 Å². The number of nitriles is 1. The summed E-state index contributed by atoms with van der Waals surface area (Å²) >= 11 is 2.16. The molecule has 0 aliphatic carbocycles. The average Bonchev–Trinajstić information content (AvgIpc) is 3.32. The Kier molecular flexibility index (Phi) is 9.50. The van der Waals surface area contributed by atoms with E-state index >= 15 is 0 Å². The van der Waals surface area contributed by atoms with E-state index in [4.69, 9.17) is 9.47 Å². The molecular weight excluding hydrogens is 638 g/mol. The normalized spacial score (nSPS) is 14.8. The monoisotopic (exact) mass is 664 g/mol. The summed E-state index contributed by atoms with van der Waals surface area (Å²) in [6, 6.07) is 16.5. The number of aromatic nitrogens is 2. The maximum atomic E-state index is 13.9. The molecule has 1 aliphatic rings. The summed E-state index contributed by atoms with van der Waals surface area (Å²) in [6.45, 7) is 5.03. The Morgan fingerprint density at radius 2 is 1.91 bits per heavy atom. The quantitative estimate of drug-likeness (QED) is 0.176. The number of carbonyl (C=O) groups excluding carboxylic acids is 1. The van der Waals surface area contributed by atoms with Gasteiger partial charge in [0, 0.05) is 11.3 Å². The summed E-state index contributed by atoms with van der Waals surface area (Å²) in [7, 11) is 1.47. The van der Waals surface area contributed by atoms with E-state index in [1.165, 1.54) is 29.9 Å². The van der Waals surface area contributed by atoms with E-state index in [0.29, 0.717) is 31.9 Å². The minimum Gasteiger partial charge on any atom is -0.496 e. The molecular formula is C33H27F3N4O4S2. The Balaban J connectivity index is 1.56. The van der Waals surface area contributed by atoms with Gasteiger partial charge in [-0.3, -0.25) is 9.36 Å². The van der Waals surface area contributed by atoms with Gasteiger partial charge in [-0.15, -0.1) is 11.8 Å². The first-order chi connectivity index (χ1) is 22.0. The van der Waals surface area contributed by atoms with Crippen LogP contribution in [0.4, 0.5) is 13.2 Å². The second kappa shape index (κ2) is 13.4. The Hall–Kier alpha value is -4.67. The van der Waals surface area contributed by atoms with Gasteiger partial charge in [0.2, 0.25) is 0 Å². The molecule has 4 aromatic rings. The number of allylic oxidation sites excluding steroid dienone is 1. The van der Waals surface area contributed by atoms with Gasteiger partial charge in [-0.1, -0.05) is 47.7 Å². The van der Waals surface area contributed by atoms with E-state index in [9.17, 15) is 28.0 Å². The number of fused-ring (bicyclic) bond motifs is 1. The van der Waals surface area contributed by atoms with Crippen molar-refractivity contribution in [3.05, 3.63) is 119 Å². The third kappa shape index (κ3) is 6.49. The third-order valence-corrected chi connectivity index (χ3v) is 9.19. The van der Waals surface area contributed by atoms with E-state index in [0.717, 1.165) is 23.4 Å². The zero-order chi connectivity index (χ0) is 33.2. The van der Waals surface area contributed by atoms with Crippen molar-refractivity contribution < 1.29 is 27.4 Å². The van der Waals surface area contributed by atoms with Crippen LogP contribution in [0.3, 0.4) is 0 Å². The molecule has 0 saturated heterocycles. The van der Waals surface area contributed by atoms with Crippen LogP contribution in [0.1, 0.15) is 53.4 Å². The molecule has 1 atom stereocenters. The second-order valence-corrected chi connectivity index (χ2v) is 12.2. The van der Waals surface area contributed by atoms with Gasteiger partial charge in [0.05, 0.1) is 41.1 Å². The van der Waals surface area contributed by atoms with Crippen molar-refractivity contribution in [3.63, 3.8) is 0 Å². The number of alkyl halides is 3. The van der Waals surface area contributed by atoms with Crippen molar-refractivity contribution in [2.75, 3.05) is 13.7 Å². The second-order valence-electron chi connectivity index (χ2n) is 10.2. The number of ether oxygens (including phenoxy) is 2. The molecule has 5 rings (SSSR count). The van der Waals surface area contributed by atoms with E-state index in [-0.39, 0.29) is 39.6 Å². The third-order valence-electron chi connectivity index (χ3n) is 7.18. The highest BCUT2D eigenvalue weighted by atomic mass is 32.2. The number of benzene rings is 2. The molecule has 3 heterocycles. The molecule has 0 bridgehead atoms. The molecule has 13 heteroatoms. The van der Waals surface area contributed by atoms with Crippen LogP contribution in [-0.2, 0) is 21.5 Å². The lowest BCUT2D eigenvalue weighted by Crippen LogP contribution is -2.39. The van der Waals surface area contributed by atoms with Gasteiger partial charge in [-0.2, -0.15) is 18.4 Å². The molecule has 0 fully saturated rings. The lowest BCUT2D eigenvalue weighted by molar-refractivity contribution is -0.141. The fourth-order valence-corrected chi connectivity index (χ4v) is 7.15. The molecule has 46 heavy (non-hydrogen) atoms. The van der Waals surface area contributed by atoms with Crippen LogP contribution in [0, 0.1) is 18.3 Å². The standard InChI is InChI=1S/C33H27F3N4O4S2/c1-5-44-31(42)27-19(3)38-32-40(28(27)21-9-7-6-8-10-21)30(41)25(46-32)15-20-11-12-24(43-4)22(14-20)17-45-29-23(16-37)18(2)13-26(39-29)33(34,35)36/h6-15,28H,5,17H2,1-4H3/b25-15-. The van der Waals surface area contributed by atoms with Crippen molar-refractivity contribution in [2.24, 2.45) is 4.99 Å². The first-order valence-electron chi connectivity index (χ1n) is 14.0. The minimum atomic E-state index is -4.66. The van der Waals surface area contributed by atoms with Crippen molar-refractivity contribution in [3.8, 4) is 11.8 Å². The Labute approximate surface area is 270 Å². The largest absolute Gasteiger partial charge is 0.496 e. The van der Waals surface area contributed by atoms with Crippen LogP contribution < -0.4 is 19.6 Å². The number of rotatable bonds is 8. The molecule has 0 saturated carbocycles. The number of aryl methyl sites for hydroxylation is 1. The summed E-state index contributed by atoms with van der Waals surface area (Å²) in [5.41, 5.74) is 1.55. The van der Waals surface area contributed by atoms with Crippen LogP contribution in [0.5, 0.6) is 5.75 Å². The Morgan fingerprint density at radius 3 is 2.57 bits per heavy atom. The van der Waals surface area contributed by atoms with Crippen LogP contribution in [-0.4, -0.2) is 29.2 Å². The number of halogens is 3. The van der Waals surface area contributed by atoms with Gasteiger partial charge in [0.15, 0.2) is 4.80 Å². The van der Waals surface area contributed by atoms with Gasteiger partial charge >= 0.3 is 12.1 Å². The summed E-state index contributed by atoms with van der Waals surface area (Å²) in [5, 5.41) is 9.56. The van der Waals surface area contributed by atoms with Crippen LogP contribution in [0.15, 0.2) is 80.7 Å². The molecule has 0 spiro atoms. The molecule has 0 amide bonds. The molecule has 0 radical (unpaired) electrons. The number of nitrogens with zero attached hydrogens (tertiary/aromatic N) is 4. The Bertz CT molecular complexity index is 2080. The van der Waals surface area contributed by atoms with Crippen LogP contribution in [0.25, 0.3) is 6.08 Å². The van der Waals surface area contributed by atoms with Crippen molar-refractivity contribution in [1.29, 1.82) is 5.26 Å². The number of hydrogen-bond acceptors (Lipinski definition) is 9. The molecule has 2 aromatic carbocycles. The minimum absolute atomic E-state index is 0.0377. The summed E-state index contributed by atoms with van der Waals surface area (Å²) in [4.78, 5) is 35.7. The number of carbonyl (C=O) groups is 1. The predicted octanol–water partition coefficient (Wildman–Crippen LogP) is 5.69. The lowest BCUT2D eigenvalue weighted by Gasteiger charge is -2.24. The summed E-state index contributed by atoms with van der Waals surface area (Å²) in [6.07, 6.45) is -2.97. The smallest absolute Gasteiger partial charge is 0.433 e. The fourth-order valence-electron chi connectivity index (χ4n) is 5.07. The average molecular weight is 665 g/mol. The molecule has 1 unspecified atom stereocenters. The number of pyridine rings is 1. The maximum absolute atomic E-state index is 13.9. The van der Waals surface area contributed by atoms with E-state index in [1.807, 2.05) is 36.4 Å². The van der Waals surface area contributed by atoms with Gasteiger partial charge < -0.3 is 9.47 Å². The zero-order valence-electron chi connectivity index (χ0n) is 25.1. The van der Waals surface area contributed by atoms with Crippen molar-refractivity contribution in [1.82, 2.24) is 9.55 Å². The number of methoxy groups -OCH3 is 1. The predicted molar refractivity (Wildman–Crippen MR) is 168 cm³/mol. The number of esters is 1. The molecule has 0 N–H and O–H groups in total. The molecule has 236 valence electrons. The first-order valence-corrected chi connectivity index (χ1v) is 15.8. The molecule has 2 aromatic heterocycles. The molecule has 1 aliphatic heterocycles. The lowest BCUT2D eigenvalue weighted by atomic mass is 9.96. The fraction of sp³-hybridized carbons (Fsp3) is 0.242. The summed E-state index contributed by atoms with van der Waals surface area (Å²) < 4.78 is 53.0. The number of thiazole rings is 1. The summed E-state index contributed by atoms with van der Waals surface area (Å²) in [5.74, 6) is 0.0752. The number of hydrogen-bond donors (Lipinski definition) is 0. The van der Waals surface area contributed by atoms with Crippen LogP contribution >= 0.6 is 23.1 Å². The Morgan fingerprint density at radius 1 is 1.17 bits per heavy atom. The topological polar surface area (TPSA) is 107 Å². The highest BCUT2D eigenvalue weighted by Crippen LogP contribution is 2.35. The molecule has 8 nitrogen and oxygen atoms in total. The SMILES string of the molecule is CCOC(=O)C1=C(C)N=c2s/c(=C\c3ccc(OC)c(CSc4nc(C(F)(F)F)cc(C)c4C#N)c3)c(=O)n2C1c1ccccc1. The first kappa shape index (κ1) is 32.7. The van der Waals surface area contributed by atoms with Gasteiger partial charge in [0.25, 0.3) is 5.56 Å². The van der Waals surface area contributed by atoms with Gasteiger partial charge in [-0.05, 0) is 61.7 Å². The highest BCUT2D eigenvalue weighted by Gasteiger charge is 2.35. The van der Waals surface area contributed by atoms with E-state index in [2.05, 4.69) is 9.98 Å². The van der Waals surface area contributed by atoms with Crippen molar-refractivity contribution >= 4 is 35.1 Å².